The molecule has 0 aliphatic rings. The first-order chi connectivity index (χ1) is 8.69. The number of benzene rings is 1. The number of carbonyl (C=O) groups is 1. The van der Waals surface area contributed by atoms with E-state index >= 15 is 0 Å². The first-order valence-electron chi connectivity index (χ1n) is 6.60. The predicted octanol–water partition coefficient (Wildman–Crippen LogP) is 3.88. The molecule has 3 heteroatoms. The normalized spacial score (nSPS) is 11.7. The molecule has 3 nitrogen and oxygen atoms in total. The maximum Gasteiger partial charge on any atom is 0.304 e. The highest BCUT2D eigenvalue weighted by atomic mass is 16.5. The zero-order valence-corrected chi connectivity index (χ0v) is 12.7. The van der Waals surface area contributed by atoms with Crippen LogP contribution in [0.4, 0.5) is 0 Å². The van der Waals surface area contributed by atoms with Gasteiger partial charge < -0.3 is 9.84 Å². The zero-order chi connectivity index (χ0) is 14.8. The number of hydrogen-bond donors (Lipinski definition) is 1. The van der Waals surface area contributed by atoms with Crippen molar-refractivity contribution in [2.75, 3.05) is 7.11 Å². The molecular formula is C16H24O3. The molecule has 1 rings (SSSR count). The van der Waals surface area contributed by atoms with Gasteiger partial charge >= 0.3 is 5.97 Å². The lowest BCUT2D eigenvalue weighted by atomic mass is 9.79. The summed E-state index contributed by atoms with van der Waals surface area (Å²) in [6.07, 6.45) is 0.121. The molecule has 1 N–H and O–H groups in total. The Morgan fingerprint density at radius 2 is 1.95 bits per heavy atom. The van der Waals surface area contributed by atoms with Crippen LogP contribution >= 0.6 is 0 Å². The molecule has 0 amide bonds. The fraction of sp³-hybridized carbons (Fsp3) is 0.562. The molecule has 0 aliphatic heterocycles. The van der Waals surface area contributed by atoms with Gasteiger partial charge in [-0.1, -0.05) is 39.8 Å². The van der Waals surface area contributed by atoms with Crippen molar-refractivity contribution in [3.05, 3.63) is 28.8 Å². The van der Waals surface area contributed by atoms with Crippen molar-refractivity contribution in [2.24, 2.45) is 0 Å². The molecule has 19 heavy (non-hydrogen) atoms. The van der Waals surface area contributed by atoms with Crippen LogP contribution in [0.5, 0.6) is 5.75 Å². The van der Waals surface area contributed by atoms with Gasteiger partial charge in [-0.3, -0.25) is 4.79 Å². The minimum absolute atomic E-state index is 0.121. The SMILES string of the molecule is COc1c(C)cc(C(C)(C)CC(=O)O)cc1C(C)C. The maximum absolute atomic E-state index is 11.0. The zero-order valence-electron chi connectivity index (χ0n) is 12.7. The third-order valence-electron chi connectivity index (χ3n) is 3.50. The summed E-state index contributed by atoms with van der Waals surface area (Å²) in [4.78, 5) is 11.0. The number of hydrogen-bond acceptors (Lipinski definition) is 2. The van der Waals surface area contributed by atoms with E-state index in [0.717, 1.165) is 22.4 Å². The number of aliphatic carboxylic acids is 1. The Hall–Kier alpha value is -1.51. The molecule has 0 atom stereocenters. The van der Waals surface area contributed by atoms with Crippen LogP contribution in [0.3, 0.4) is 0 Å². The minimum Gasteiger partial charge on any atom is -0.496 e. The highest BCUT2D eigenvalue weighted by molar-refractivity contribution is 5.69. The van der Waals surface area contributed by atoms with Gasteiger partial charge in [-0.05, 0) is 29.5 Å². The lowest BCUT2D eigenvalue weighted by molar-refractivity contribution is -0.138. The summed E-state index contributed by atoms with van der Waals surface area (Å²) in [5.41, 5.74) is 2.86. The second-order valence-corrected chi connectivity index (χ2v) is 6.02. The van der Waals surface area contributed by atoms with Crippen LogP contribution in [0.25, 0.3) is 0 Å². The van der Waals surface area contributed by atoms with Gasteiger partial charge in [0.15, 0.2) is 0 Å². The van der Waals surface area contributed by atoms with Crippen molar-refractivity contribution in [3.8, 4) is 5.75 Å². The van der Waals surface area contributed by atoms with Gasteiger partial charge in [0.1, 0.15) is 5.75 Å². The summed E-state index contributed by atoms with van der Waals surface area (Å²) >= 11 is 0. The molecule has 0 bridgehead atoms. The molecule has 106 valence electrons. The van der Waals surface area contributed by atoms with E-state index in [4.69, 9.17) is 9.84 Å². The van der Waals surface area contributed by atoms with Crippen molar-refractivity contribution in [1.82, 2.24) is 0 Å². The van der Waals surface area contributed by atoms with Crippen molar-refractivity contribution in [3.63, 3.8) is 0 Å². The molecule has 1 aromatic carbocycles. The van der Waals surface area contributed by atoms with Gasteiger partial charge in [0.2, 0.25) is 0 Å². The smallest absolute Gasteiger partial charge is 0.304 e. The topological polar surface area (TPSA) is 46.5 Å². The summed E-state index contributed by atoms with van der Waals surface area (Å²) < 4.78 is 5.47. The third kappa shape index (κ3) is 3.49. The van der Waals surface area contributed by atoms with E-state index in [1.54, 1.807) is 7.11 Å². The average molecular weight is 264 g/mol. The van der Waals surface area contributed by atoms with Gasteiger partial charge in [-0.25, -0.2) is 0 Å². The van der Waals surface area contributed by atoms with Gasteiger partial charge in [-0.15, -0.1) is 0 Å². The quantitative estimate of drug-likeness (QED) is 0.878. The molecule has 0 saturated carbocycles. The van der Waals surface area contributed by atoms with Gasteiger partial charge in [0.05, 0.1) is 13.5 Å². The van der Waals surface area contributed by atoms with Crippen LogP contribution in [0.15, 0.2) is 12.1 Å². The fourth-order valence-corrected chi connectivity index (χ4v) is 2.38. The highest BCUT2D eigenvalue weighted by Crippen LogP contribution is 2.36. The number of carboxylic acids is 1. The molecule has 0 fully saturated rings. The first kappa shape index (κ1) is 15.5. The van der Waals surface area contributed by atoms with E-state index in [1.807, 2.05) is 26.8 Å². The monoisotopic (exact) mass is 264 g/mol. The molecule has 0 radical (unpaired) electrons. The number of carboxylic acid groups (broad SMARTS) is 1. The van der Waals surface area contributed by atoms with Gasteiger partial charge in [-0.2, -0.15) is 0 Å². The Kier molecular flexibility index (Phi) is 4.61. The van der Waals surface area contributed by atoms with Gasteiger partial charge in [0, 0.05) is 5.41 Å². The number of methoxy groups -OCH3 is 1. The van der Waals surface area contributed by atoms with Crippen LogP contribution in [-0.2, 0) is 10.2 Å². The van der Waals surface area contributed by atoms with Crippen LogP contribution in [0.2, 0.25) is 0 Å². The van der Waals surface area contributed by atoms with Crippen LogP contribution < -0.4 is 4.74 Å². The van der Waals surface area contributed by atoms with Crippen molar-refractivity contribution < 1.29 is 14.6 Å². The molecule has 0 spiro atoms. The summed E-state index contributed by atoms with van der Waals surface area (Å²) in [5.74, 6) is 0.476. The van der Waals surface area contributed by atoms with E-state index in [2.05, 4.69) is 19.9 Å². The lowest BCUT2D eigenvalue weighted by Gasteiger charge is -2.26. The summed E-state index contributed by atoms with van der Waals surface area (Å²) in [5, 5.41) is 9.03. The van der Waals surface area contributed by atoms with E-state index in [1.165, 1.54) is 0 Å². The summed E-state index contributed by atoms with van der Waals surface area (Å²) in [6, 6.07) is 4.12. The first-order valence-corrected chi connectivity index (χ1v) is 6.60. The van der Waals surface area contributed by atoms with E-state index < -0.39 is 5.97 Å². The van der Waals surface area contributed by atoms with Crippen molar-refractivity contribution in [2.45, 2.75) is 52.4 Å². The standard InChI is InChI=1S/C16H24O3/c1-10(2)13-8-12(7-11(3)15(13)19-6)16(4,5)9-14(17)18/h7-8,10H,9H2,1-6H3,(H,17,18). The maximum atomic E-state index is 11.0. The van der Waals surface area contributed by atoms with Crippen LogP contribution in [-0.4, -0.2) is 18.2 Å². The predicted molar refractivity (Wildman–Crippen MR) is 77.1 cm³/mol. The van der Waals surface area contributed by atoms with Crippen molar-refractivity contribution >= 4 is 5.97 Å². The Morgan fingerprint density at radius 3 is 2.37 bits per heavy atom. The number of aryl methyl sites for hydroxylation is 1. The minimum atomic E-state index is -0.774. The van der Waals surface area contributed by atoms with E-state index in [0.29, 0.717) is 5.92 Å². The van der Waals surface area contributed by atoms with Gasteiger partial charge in [0.25, 0.3) is 0 Å². The largest absolute Gasteiger partial charge is 0.496 e. The highest BCUT2D eigenvalue weighted by Gasteiger charge is 2.26. The van der Waals surface area contributed by atoms with Crippen LogP contribution in [0, 0.1) is 6.92 Å². The molecule has 0 unspecified atom stereocenters. The summed E-state index contributed by atoms with van der Waals surface area (Å²) in [7, 11) is 1.68. The molecule has 0 heterocycles. The molecular weight excluding hydrogens is 240 g/mol. The summed E-state index contributed by atoms with van der Waals surface area (Å²) in [6.45, 7) is 10.2. The lowest BCUT2D eigenvalue weighted by Crippen LogP contribution is -2.22. The van der Waals surface area contributed by atoms with Crippen molar-refractivity contribution in [1.29, 1.82) is 0 Å². The number of ether oxygens (including phenoxy) is 1. The van der Waals surface area contributed by atoms with E-state index in [-0.39, 0.29) is 11.8 Å². The Bertz CT molecular complexity index is 473. The molecule has 0 saturated heterocycles. The second kappa shape index (κ2) is 5.64. The molecule has 0 aliphatic carbocycles. The Morgan fingerprint density at radius 1 is 1.37 bits per heavy atom. The van der Waals surface area contributed by atoms with E-state index in [9.17, 15) is 4.79 Å². The number of rotatable bonds is 5. The average Bonchev–Trinajstić information content (AvgIpc) is 2.25. The second-order valence-electron chi connectivity index (χ2n) is 6.02. The Balaban J connectivity index is 3.35. The fourth-order valence-electron chi connectivity index (χ4n) is 2.38. The Labute approximate surface area is 115 Å². The van der Waals surface area contributed by atoms with Crippen LogP contribution in [0.1, 0.15) is 56.7 Å². The molecule has 1 aromatic rings. The molecule has 0 aromatic heterocycles. The third-order valence-corrected chi connectivity index (χ3v) is 3.50.